The van der Waals surface area contributed by atoms with Crippen LogP contribution in [0.5, 0.6) is 0 Å². The summed E-state index contributed by atoms with van der Waals surface area (Å²) in [7, 11) is 0. The van der Waals surface area contributed by atoms with Crippen LogP contribution in [0.25, 0.3) is 0 Å². The second kappa shape index (κ2) is 7.86. The van der Waals surface area contributed by atoms with Gasteiger partial charge >= 0.3 is 0 Å². The molecule has 0 unspecified atom stereocenters. The largest absolute Gasteiger partial charge is 0.322 e. The van der Waals surface area contributed by atoms with Crippen LogP contribution >= 0.6 is 11.8 Å². The Hall–Kier alpha value is -1.78. The van der Waals surface area contributed by atoms with Gasteiger partial charge in [-0.3, -0.25) is 4.79 Å². The number of hydrogen-bond donors (Lipinski definition) is 2. The van der Waals surface area contributed by atoms with Crippen molar-refractivity contribution in [2.75, 3.05) is 18.1 Å². The Morgan fingerprint density at radius 2 is 1.95 bits per heavy atom. The molecule has 2 rings (SSSR count). The molecule has 0 aliphatic rings. The monoisotopic (exact) mass is 300 g/mol. The minimum Gasteiger partial charge on any atom is -0.322 e. The van der Waals surface area contributed by atoms with E-state index in [2.05, 4.69) is 17.6 Å². The summed E-state index contributed by atoms with van der Waals surface area (Å²) in [5.41, 5.74) is 2.70. The van der Waals surface area contributed by atoms with Crippen molar-refractivity contribution in [3.8, 4) is 0 Å². The van der Waals surface area contributed by atoms with Crippen molar-refractivity contribution in [1.82, 2.24) is 5.32 Å². The van der Waals surface area contributed by atoms with E-state index < -0.39 is 0 Å². The van der Waals surface area contributed by atoms with E-state index in [1.54, 1.807) is 11.8 Å². The van der Waals surface area contributed by atoms with Gasteiger partial charge in [0.15, 0.2) is 0 Å². The van der Waals surface area contributed by atoms with Crippen molar-refractivity contribution in [2.24, 2.45) is 0 Å². The Kier molecular flexibility index (Phi) is 5.84. The zero-order chi connectivity index (χ0) is 15.1. The van der Waals surface area contributed by atoms with E-state index in [0.717, 1.165) is 29.2 Å². The molecule has 0 spiro atoms. The third-order valence-electron chi connectivity index (χ3n) is 3.12. The van der Waals surface area contributed by atoms with Gasteiger partial charge in [-0.05, 0) is 42.6 Å². The van der Waals surface area contributed by atoms with Crippen LogP contribution < -0.4 is 10.6 Å². The van der Waals surface area contributed by atoms with Crippen molar-refractivity contribution in [1.29, 1.82) is 0 Å². The first kappa shape index (κ1) is 15.6. The summed E-state index contributed by atoms with van der Waals surface area (Å²) < 4.78 is 0. The fraction of sp³-hybridized carbons (Fsp3) is 0.235. The molecule has 0 aromatic heterocycles. The molecule has 3 nitrogen and oxygen atoms in total. The molecule has 21 heavy (non-hydrogen) atoms. The van der Waals surface area contributed by atoms with Crippen LogP contribution in [0.1, 0.15) is 22.8 Å². The number of amides is 1. The molecule has 2 aromatic rings. The van der Waals surface area contributed by atoms with Crippen LogP contribution in [-0.4, -0.2) is 18.7 Å². The summed E-state index contributed by atoms with van der Waals surface area (Å²) in [6, 6.07) is 15.6. The number of hydrogen-bond acceptors (Lipinski definition) is 3. The van der Waals surface area contributed by atoms with Gasteiger partial charge in [-0.25, -0.2) is 0 Å². The highest BCUT2D eigenvalue weighted by Crippen LogP contribution is 2.21. The quantitative estimate of drug-likeness (QED) is 0.798. The lowest BCUT2D eigenvalue weighted by molar-refractivity contribution is 0.102. The van der Waals surface area contributed by atoms with Crippen molar-refractivity contribution >= 4 is 23.4 Å². The molecule has 2 aromatic carbocycles. The minimum absolute atomic E-state index is 0.0689. The van der Waals surface area contributed by atoms with Crippen molar-refractivity contribution in [3.05, 3.63) is 59.7 Å². The van der Waals surface area contributed by atoms with Crippen molar-refractivity contribution in [2.45, 2.75) is 18.4 Å². The van der Waals surface area contributed by atoms with Gasteiger partial charge < -0.3 is 10.6 Å². The maximum absolute atomic E-state index is 12.4. The van der Waals surface area contributed by atoms with Gasteiger partial charge in [-0.2, -0.15) is 0 Å². The summed E-state index contributed by atoms with van der Waals surface area (Å²) in [6.07, 6.45) is 1.98. The Morgan fingerprint density at radius 1 is 1.14 bits per heavy atom. The first-order chi connectivity index (χ1) is 10.2. The smallest absolute Gasteiger partial charge is 0.256 e. The van der Waals surface area contributed by atoms with Gasteiger partial charge in [-0.15, -0.1) is 11.8 Å². The lowest BCUT2D eigenvalue weighted by atomic mass is 10.1. The molecule has 0 atom stereocenters. The number of carbonyl (C=O) groups excluding carboxylic acids is 1. The molecule has 0 radical (unpaired) electrons. The van der Waals surface area contributed by atoms with Crippen LogP contribution in [0.3, 0.4) is 0 Å². The van der Waals surface area contributed by atoms with Crippen molar-refractivity contribution < 1.29 is 4.79 Å². The summed E-state index contributed by atoms with van der Waals surface area (Å²) in [5, 5.41) is 6.25. The molecular formula is C17H20N2OS. The predicted octanol–water partition coefficient (Wildman–Crippen LogP) is 3.77. The third kappa shape index (κ3) is 4.34. The van der Waals surface area contributed by atoms with Gasteiger partial charge in [0, 0.05) is 17.1 Å². The van der Waals surface area contributed by atoms with Crippen molar-refractivity contribution in [3.63, 3.8) is 0 Å². The number of thioether (sulfide) groups is 1. The van der Waals surface area contributed by atoms with E-state index in [1.807, 2.05) is 54.8 Å². The minimum atomic E-state index is -0.0689. The average molecular weight is 300 g/mol. The van der Waals surface area contributed by atoms with Crippen LogP contribution in [0, 0.1) is 0 Å². The number of anilines is 1. The second-order valence-electron chi connectivity index (χ2n) is 4.64. The lowest BCUT2D eigenvalue weighted by Gasteiger charge is -2.10. The molecule has 2 N–H and O–H groups in total. The molecule has 1 amide bonds. The van der Waals surface area contributed by atoms with E-state index in [1.165, 1.54) is 0 Å². The molecule has 0 saturated heterocycles. The highest BCUT2D eigenvalue weighted by Gasteiger charge is 2.10. The first-order valence-electron chi connectivity index (χ1n) is 6.98. The average Bonchev–Trinajstić information content (AvgIpc) is 2.53. The van der Waals surface area contributed by atoms with Gasteiger partial charge in [0.25, 0.3) is 5.91 Å². The fourth-order valence-corrected chi connectivity index (χ4v) is 2.65. The Morgan fingerprint density at radius 3 is 2.71 bits per heavy atom. The standard InChI is InChI=1S/C17H20N2OS/c1-3-18-12-13-7-6-8-14(11-13)19-17(20)15-9-4-5-10-16(15)21-2/h4-11,18H,3,12H2,1-2H3,(H,19,20). The number of rotatable bonds is 6. The van der Waals surface area contributed by atoms with E-state index in [9.17, 15) is 4.79 Å². The Labute approximate surface area is 130 Å². The molecule has 0 bridgehead atoms. The van der Waals surface area contributed by atoms with Gasteiger partial charge in [0.1, 0.15) is 0 Å². The highest BCUT2D eigenvalue weighted by atomic mass is 32.2. The van der Waals surface area contributed by atoms with Gasteiger partial charge in [0.2, 0.25) is 0 Å². The van der Waals surface area contributed by atoms with E-state index in [4.69, 9.17) is 0 Å². The number of nitrogens with one attached hydrogen (secondary N) is 2. The summed E-state index contributed by atoms with van der Waals surface area (Å²) in [6.45, 7) is 3.81. The predicted molar refractivity (Wildman–Crippen MR) is 90.0 cm³/mol. The number of benzene rings is 2. The summed E-state index contributed by atoms with van der Waals surface area (Å²) in [4.78, 5) is 13.4. The molecule has 0 saturated carbocycles. The summed E-state index contributed by atoms with van der Waals surface area (Å²) in [5.74, 6) is -0.0689. The first-order valence-corrected chi connectivity index (χ1v) is 8.21. The van der Waals surface area contributed by atoms with E-state index >= 15 is 0 Å². The molecular weight excluding hydrogens is 280 g/mol. The lowest BCUT2D eigenvalue weighted by Crippen LogP contribution is -2.14. The van der Waals surface area contributed by atoms with Gasteiger partial charge in [0.05, 0.1) is 5.56 Å². The second-order valence-corrected chi connectivity index (χ2v) is 5.48. The van der Waals surface area contributed by atoms with Gasteiger partial charge in [-0.1, -0.05) is 31.2 Å². The van der Waals surface area contributed by atoms with Crippen LogP contribution in [0.2, 0.25) is 0 Å². The van der Waals surface area contributed by atoms with E-state index in [-0.39, 0.29) is 5.91 Å². The Balaban J connectivity index is 2.12. The SMILES string of the molecule is CCNCc1cccc(NC(=O)c2ccccc2SC)c1. The molecule has 0 aliphatic carbocycles. The van der Waals surface area contributed by atoms with Crippen LogP contribution in [0.15, 0.2) is 53.4 Å². The zero-order valence-electron chi connectivity index (χ0n) is 12.3. The van der Waals surface area contributed by atoms with Crippen LogP contribution in [0.4, 0.5) is 5.69 Å². The molecule has 0 heterocycles. The molecule has 110 valence electrons. The number of carbonyl (C=O) groups is 1. The highest BCUT2D eigenvalue weighted by molar-refractivity contribution is 7.98. The zero-order valence-corrected chi connectivity index (χ0v) is 13.2. The summed E-state index contributed by atoms with van der Waals surface area (Å²) >= 11 is 1.58. The van der Waals surface area contributed by atoms with E-state index in [0.29, 0.717) is 5.56 Å². The maximum atomic E-state index is 12.4. The molecule has 4 heteroatoms. The Bertz CT molecular complexity index is 613. The van der Waals surface area contributed by atoms with Crippen LogP contribution in [-0.2, 0) is 6.54 Å². The third-order valence-corrected chi connectivity index (χ3v) is 3.91. The molecule has 0 fully saturated rings. The molecule has 0 aliphatic heterocycles. The fourth-order valence-electron chi connectivity index (χ4n) is 2.06. The normalized spacial score (nSPS) is 10.4. The maximum Gasteiger partial charge on any atom is 0.256 e. The topological polar surface area (TPSA) is 41.1 Å².